The number of rotatable bonds is 8. The van der Waals surface area contributed by atoms with Gasteiger partial charge >= 0.3 is 0 Å². The molecule has 1 aliphatic heterocycles. The molecular formula is C23H29NO4S. The van der Waals surface area contributed by atoms with Crippen molar-refractivity contribution in [2.24, 2.45) is 11.8 Å². The van der Waals surface area contributed by atoms with Crippen molar-refractivity contribution in [3.05, 3.63) is 78.4 Å². The number of aliphatic hydroxyl groups excluding tert-OH is 2. The van der Waals surface area contributed by atoms with Gasteiger partial charge in [0, 0.05) is 24.9 Å². The van der Waals surface area contributed by atoms with Gasteiger partial charge < -0.3 is 10.2 Å². The lowest BCUT2D eigenvalue weighted by Crippen LogP contribution is -2.34. The first-order valence-electron chi connectivity index (χ1n) is 9.92. The maximum absolute atomic E-state index is 13.0. The molecule has 1 heterocycles. The summed E-state index contributed by atoms with van der Waals surface area (Å²) in [6.45, 7) is 5.92. The maximum Gasteiger partial charge on any atom is 0.243 e. The van der Waals surface area contributed by atoms with E-state index in [9.17, 15) is 18.6 Å². The lowest BCUT2D eigenvalue weighted by Gasteiger charge is -2.27. The molecule has 1 saturated heterocycles. The van der Waals surface area contributed by atoms with Gasteiger partial charge in [0.2, 0.25) is 10.0 Å². The normalized spacial score (nSPS) is 22.3. The average molecular weight is 416 g/mol. The molecule has 6 heteroatoms. The highest BCUT2D eigenvalue weighted by Crippen LogP contribution is 2.32. The summed E-state index contributed by atoms with van der Waals surface area (Å²) in [5, 5.41) is 21.3. The van der Waals surface area contributed by atoms with Crippen LogP contribution in [0, 0.1) is 18.8 Å². The quantitative estimate of drug-likeness (QED) is 0.650. The van der Waals surface area contributed by atoms with Crippen LogP contribution in [0.5, 0.6) is 0 Å². The van der Waals surface area contributed by atoms with E-state index in [1.807, 2.05) is 37.3 Å². The zero-order chi connectivity index (χ0) is 21.0. The van der Waals surface area contributed by atoms with Crippen LogP contribution in [0.2, 0.25) is 0 Å². The molecule has 4 atom stereocenters. The van der Waals surface area contributed by atoms with Crippen LogP contribution in [-0.2, 0) is 16.4 Å². The van der Waals surface area contributed by atoms with Gasteiger partial charge in [0.15, 0.2) is 0 Å². The molecule has 5 nitrogen and oxygen atoms in total. The van der Waals surface area contributed by atoms with Crippen molar-refractivity contribution in [2.75, 3.05) is 13.1 Å². The fourth-order valence-electron chi connectivity index (χ4n) is 3.98. The van der Waals surface area contributed by atoms with Gasteiger partial charge in [-0.2, -0.15) is 4.31 Å². The molecule has 0 unspecified atom stereocenters. The summed E-state index contributed by atoms with van der Waals surface area (Å²) in [7, 11) is -3.69. The second-order valence-corrected chi connectivity index (χ2v) is 9.71. The van der Waals surface area contributed by atoms with Crippen molar-refractivity contribution in [3.8, 4) is 0 Å². The van der Waals surface area contributed by atoms with Gasteiger partial charge in [-0.15, -0.1) is 6.58 Å². The van der Waals surface area contributed by atoms with Crippen LogP contribution in [0.25, 0.3) is 0 Å². The van der Waals surface area contributed by atoms with E-state index < -0.39 is 28.1 Å². The Morgan fingerprint density at radius 2 is 1.79 bits per heavy atom. The molecular weight excluding hydrogens is 386 g/mol. The lowest BCUT2D eigenvalue weighted by atomic mass is 9.83. The number of nitrogens with zero attached hydrogens (tertiary/aromatic N) is 1. The molecule has 156 valence electrons. The van der Waals surface area contributed by atoms with E-state index in [2.05, 4.69) is 6.58 Å². The Morgan fingerprint density at radius 3 is 2.41 bits per heavy atom. The molecule has 3 rings (SSSR count). The number of β-amino-alcohol motifs (C(OH)–C–C–N with tert-alkyl or cyclic N) is 1. The standard InChI is InChI=1S/C23H29NO4S/c1-3-20(22(25)14-11-18-7-5-4-6-8-18)21-15-24(16-23(21)26)29(27,28)19-12-9-17(2)10-13-19/h3-10,12-13,20-23,25-26H,1,11,14-16H2,2H3/t20-,21+,22-,23+/m0/s1. The Labute approximate surface area is 173 Å². The Balaban J connectivity index is 1.69. The Bertz CT molecular complexity index is 912. The van der Waals surface area contributed by atoms with E-state index in [-0.39, 0.29) is 23.9 Å². The van der Waals surface area contributed by atoms with Crippen LogP contribution in [-0.4, -0.2) is 48.2 Å². The topological polar surface area (TPSA) is 77.8 Å². The number of aliphatic hydroxyl groups is 2. The second kappa shape index (κ2) is 9.22. The highest BCUT2D eigenvalue weighted by molar-refractivity contribution is 7.89. The van der Waals surface area contributed by atoms with Crippen LogP contribution in [0.15, 0.2) is 72.1 Å². The smallest absolute Gasteiger partial charge is 0.243 e. The Hall–Kier alpha value is -1.99. The summed E-state index contributed by atoms with van der Waals surface area (Å²) in [5.74, 6) is -0.773. The van der Waals surface area contributed by atoms with Gasteiger partial charge in [0.05, 0.1) is 17.1 Å². The minimum atomic E-state index is -3.69. The van der Waals surface area contributed by atoms with Gasteiger partial charge in [-0.25, -0.2) is 8.42 Å². The van der Waals surface area contributed by atoms with Crippen molar-refractivity contribution in [2.45, 2.75) is 36.9 Å². The largest absolute Gasteiger partial charge is 0.392 e. The number of hydrogen-bond donors (Lipinski definition) is 2. The molecule has 0 radical (unpaired) electrons. The van der Waals surface area contributed by atoms with Crippen LogP contribution in [0.3, 0.4) is 0 Å². The zero-order valence-corrected chi connectivity index (χ0v) is 17.5. The third kappa shape index (κ3) is 4.95. The van der Waals surface area contributed by atoms with E-state index in [4.69, 9.17) is 0 Å². The first kappa shape index (κ1) is 21.7. The lowest BCUT2D eigenvalue weighted by molar-refractivity contribution is 0.0484. The molecule has 0 aromatic heterocycles. The summed E-state index contributed by atoms with van der Waals surface area (Å²) in [6.07, 6.45) is 1.33. The molecule has 1 fully saturated rings. The van der Waals surface area contributed by atoms with E-state index in [0.29, 0.717) is 12.8 Å². The van der Waals surface area contributed by atoms with Gasteiger partial charge in [0.1, 0.15) is 0 Å². The van der Waals surface area contributed by atoms with Crippen molar-refractivity contribution in [3.63, 3.8) is 0 Å². The predicted molar refractivity (Wildman–Crippen MR) is 114 cm³/mol. The number of aryl methyl sites for hydroxylation is 2. The molecule has 2 aromatic carbocycles. The molecule has 0 amide bonds. The third-order valence-corrected chi connectivity index (χ3v) is 7.59. The molecule has 2 N–H and O–H groups in total. The Kier molecular flexibility index (Phi) is 6.90. The van der Waals surface area contributed by atoms with E-state index in [1.165, 1.54) is 4.31 Å². The maximum atomic E-state index is 13.0. The summed E-state index contributed by atoms with van der Waals surface area (Å²) < 4.78 is 27.2. The molecule has 0 bridgehead atoms. The number of benzene rings is 2. The fraction of sp³-hybridized carbons (Fsp3) is 0.391. The highest BCUT2D eigenvalue weighted by Gasteiger charge is 2.43. The fourth-order valence-corrected chi connectivity index (χ4v) is 5.47. The monoisotopic (exact) mass is 415 g/mol. The van der Waals surface area contributed by atoms with Crippen LogP contribution in [0.1, 0.15) is 17.5 Å². The van der Waals surface area contributed by atoms with Crippen molar-refractivity contribution in [1.29, 1.82) is 0 Å². The molecule has 29 heavy (non-hydrogen) atoms. The van der Waals surface area contributed by atoms with Gasteiger partial charge in [0.25, 0.3) is 0 Å². The van der Waals surface area contributed by atoms with Gasteiger partial charge in [-0.1, -0.05) is 54.1 Å². The van der Waals surface area contributed by atoms with Crippen LogP contribution >= 0.6 is 0 Å². The molecule has 2 aromatic rings. The predicted octanol–water partition coefficient (Wildman–Crippen LogP) is 2.77. The number of sulfonamides is 1. The third-order valence-electron chi connectivity index (χ3n) is 5.74. The summed E-state index contributed by atoms with van der Waals surface area (Å²) in [6, 6.07) is 16.6. The highest BCUT2D eigenvalue weighted by atomic mass is 32.2. The summed E-state index contributed by atoms with van der Waals surface area (Å²) in [4.78, 5) is 0.218. The Morgan fingerprint density at radius 1 is 1.14 bits per heavy atom. The zero-order valence-electron chi connectivity index (χ0n) is 16.7. The minimum Gasteiger partial charge on any atom is -0.392 e. The molecule has 1 aliphatic rings. The minimum absolute atomic E-state index is 0.0244. The summed E-state index contributed by atoms with van der Waals surface area (Å²) in [5.41, 5.74) is 2.11. The van der Waals surface area contributed by atoms with Crippen molar-refractivity contribution >= 4 is 10.0 Å². The van der Waals surface area contributed by atoms with Gasteiger partial charge in [-0.05, 0) is 37.5 Å². The first-order valence-corrected chi connectivity index (χ1v) is 11.4. The van der Waals surface area contributed by atoms with Gasteiger partial charge in [-0.3, -0.25) is 0 Å². The number of hydrogen-bond acceptors (Lipinski definition) is 4. The molecule has 0 spiro atoms. The SMILES string of the molecule is C=C[C@@H]([C@H]1CN(S(=O)(=O)c2ccc(C)cc2)C[C@H]1O)[C@@H](O)CCc1ccccc1. The average Bonchev–Trinajstić information content (AvgIpc) is 3.10. The second-order valence-electron chi connectivity index (χ2n) is 7.77. The van der Waals surface area contributed by atoms with Crippen LogP contribution in [0.4, 0.5) is 0 Å². The first-order chi connectivity index (χ1) is 13.8. The van der Waals surface area contributed by atoms with E-state index in [1.54, 1.807) is 30.3 Å². The van der Waals surface area contributed by atoms with E-state index in [0.717, 1.165) is 11.1 Å². The van der Waals surface area contributed by atoms with E-state index >= 15 is 0 Å². The van der Waals surface area contributed by atoms with Crippen molar-refractivity contribution < 1.29 is 18.6 Å². The molecule has 0 saturated carbocycles. The summed E-state index contributed by atoms with van der Waals surface area (Å²) >= 11 is 0. The van der Waals surface area contributed by atoms with Crippen molar-refractivity contribution in [1.82, 2.24) is 4.31 Å². The molecule has 0 aliphatic carbocycles. The van der Waals surface area contributed by atoms with Crippen LogP contribution < -0.4 is 0 Å².